The molecule has 1 N–H and O–H groups in total. The van der Waals surface area contributed by atoms with Gasteiger partial charge in [0.05, 0.1) is 5.36 Å². The molecular weight excluding hydrogens is 487 g/mol. The molecule has 0 spiro atoms. The smallest absolute Gasteiger partial charge is 0.276 e. The van der Waals surface area contributed by atoms with Crippen LogP contribution in [0.1, 0.15) is 17.3 Å². The van der Waals surface area contributed by atoms with Gasteiger partial charge in [0.15, 0.2) is 11.3 Å². The lowest BCUT2D eigenvalue weighted by molar-refractivity contribution is -0.116. The predicted octanol–water partition coefficient (Wildman–Crippen LogP) is 4.72. The van der Waals surface area contributed by atoms with Gasteiger partial charge < -0.3 is 0 Å². The van der Waals surface area contributed by atoms with Gasteiger partial charge >= 0.3 is 0 Å². The molecule has 2 aliphatic heterocycles. The Hall–Kier alpha value is -2.51. The summed E-state index contributed by atoms with van der Waals surface area (Å²) in [6.07, 6.45) is -0.605. The van der Waals surface area contributed by atoms with Crippen molar-refractivity contribution in [2.45, 2.75) is 11.9 Å². The molecule has 32 heavy (non-hydrogen) atoms. The molecule has 1 atom stereocenters. The van der Waals surface area contributed by atoms with Crippen LogP contribution < -0.4 is 15.9 Å². The third-order valence-electron chi connectivity index (χ3n) is 5.08. The molecule has 0 aromatic heterocycles. The highest BCUT2D eigenvalue weighted by atomic mass is 35.5. The van der Waals surface area contributed by atoms with Gasteiger partial charge in [0.25, 0.3) is 5.91 Å². The SMILES string of the molecule is O=C1NC(SCc2ccccc2Cl)=NN2C1=c1ccccc1=N[C@@H]2c1ccc(Cl)cc1Cl. The third kappa shape index (κ3) is 3.99. The molecule has 2 aliphatic rings. The number of fused-ring (bicyclic) bond motifs is 2. The van der Waals surface area contributed by atoms with Crippen LogP contribution in [-0.2, 0) is 10.5 Å². The van der Waals surface area contributed by atoms with Gasteiger partial charge in [-0.25, -0.2) is 5.01 Å². The van der Waals surface area contributed by atoms with E-state index in [1.807, 2.05) is 54.6 Å². The standard InChI is InChI=1S/C23H15Cl3N4OS/c24-14-9-10-15(18(26)11-14)21-27-19-8-4-2-6-16(19)20-22(31)28-23(29-30(20)21)32-12-13-5-1-3-7-17(13)25/h1-11,21H,12H2,(H,28,29,31)/t21-/m0/s1. The molecule has 0 unspecified atom stereocenters. The Balaban J connectivity index is 1.59. The summed E-state index contributed by atoms with van der Waals surface area (Å²) in [6, 6.07) is 20.3. The molecular formula is C23H15Cl3N4OS. The summed E-state index contributed by atoms with van der Waals surface area (Å²) in [5.41, 5.74) is 2.09. The van der Waals surface area contributed by atoms with E-state index in [-0.39, 0.29) is 5.91 Å². The fourth-order valence-electron chi connectivity index (χ4n) is 3.57. The van der Waals surface area contributed by atoms with Crippen molar-refractivity contribution in [3.63, 3.8) is 0 Å². The van der Waals surface area contributed by atoms with Gasteiger partial charge in [0.2, 0.25) is 0 Å². The zero-order valence-corrected chi connectivity index (χ0v) is 19.5. The molecule has 9 heteroatoms. The van der Waals surface area contributed by atoms with Crippen LogP contribution in [0.4, 0.5) is 0 Å². The van der Waals surface area contributed by atoms with E-state index in [9.17, 15) is 4.79 Å². The number of hydrazone groups is 1. The second-order valence-electron chi connectivity index (χ2n) is 7.12. The van der Waals surface area contributed by atoms with Crippen molar-refractivity contribution in [3.8, 4) is 0 Å². The molecule has 0 radical (unpaired) electrons. The maximum Gasteiger partial charge on any atom is 0.276 e. The number of carbonyl (C=O) groups excluding carboxylic acids is 1. The van der Waals surface area contributed by atoms with Crippen LogP contribution in [-0.4, -0.2) is 16.1 Å². The van der Waals surface area contributed by atoms with Gasteiger partial charge in [-0.1, -0.05) is 89.0 Å². The van der Waals surface area contributed by atoms with Gasteiger partial charge in [0.1, 0.15) is 5.70 Å². The normalized spacial score (nSPS) is 17.2. The summed E-state index contributed by atoms with van der Waals surface area (Å²) in [6.45, 7) is 0. The first-order valence-electron chi connectivity index (χ1n) is 9.69. The number of nitrogens with zero attached hydrogens (tertiary/aromatic N) is 3. The number of halogens is 3. The lowest BCUT2D eigenvalue weighted by Crippen LogP contribution is -2.50. The van der Waals surface area contributed by atoms with Crippen molar-refractivity contribution in [3.05, 3.63) is 104 Å². The summed E-state index contributed by atoms with van der Waals surface area (Å²) in [5, 5.41) is 12.8. The summed E-state index contributed by atoms with van der Waals surface area (Å²) in [4.78, 5) is 18.0. The predicted molar refractivity (Wildman–Crippen MR) is 130 cm³/mol. The van der Waals surface area contributed by atoms with Crippen molar-refractivity contribution in [1.29, 1.82) is 0 Å². The molecule has 3 aromatic rings. The summed E-state index contributed by atoms with van der Waals surface area (Å²) < 4.78 is 0. The summed E-state index contributed by atoms with van der Waals surface area (Å²) >= 11 is 20.3. The summed E-state index contributed by atoms with van der Waals surface area (Å²) in [5.74, 6) is 0.307. The van der Waals surface area contributed by atoms with Gasteiger partial charge in [-0.3, -0.25) is 15.1 Å². The minimum absolute atomic E-state index is 0.251. The van der Waals surface area contributed by atoms with Crippen molar-refractivity contribution >= 4 is 63.3 Å². The molecule has 0 saturated heterocycles. The maximum atomic E-state index is 13.2. The molecule has 2 heterocycles. The van der Waals surface area contributed by atoms with E-state index in [1.54, 1.807) is 17.1 Å². The Labute approximate surface area is 203 Å². The molecule has 0 aliphatic carbocycles. The minimum Gasteiger partial charge on any atom is -0.298 e. The van der Waals surface area contributed by atoms with E-state index in [0.29, 0.717) is 47.8 Å². The van der Waals surface area contributed by atoms with Crippen LogP contribution in [0, 0.1) is 0 Å². The first kappa shape index (κ1) is 21.3. The number of amides is 1. The fourth-order valence-corrected chi connectivity index (χ4v) is 5.21. The largest absolute Gasteiger partial charge is 0.298 e. The van der Waals surface area contributed by atoms with Gasteiger partial charge in [0, 0.05) is 31.6 Å². The number of carbonyl (C=O) groups is 1. The number of para-hydroxylation sites is 1. The van der Waals surface area contributed by atoms with E-state index < -0.39 is 6.17 Å². The quantitative estimate of drug-likeness (QED) is 0.565. The minimum atomic E-state index is -0.605. The van der Waals surface area contributed by atoms with Crippen molar-refractivity contribution in [2.75, 3.05) is 0 Å². The Morgan fingerprint density at radius 1 is 0.969 bits per heavy atom. The number of hydrogen-bond donors (Lipinski definition) is 1. The maximum absolute atomic E-state index is 13.2. The monoisotopic (exact) mass is 500 g/mol. The first-order chi connectivity index (χ1) is 15.5. The first-order valence-corrected chi connectivity index (χ1v) is 11.8. The molecule has 1 amide bonds. The Bertz CT molecular complexity index is 1390. The zero-order valence-electron chi connectivity index (χ0n) is 16.4. The average molecular weight is 502 g/mol. The third-order valence-corrected chi connectivity index (χ3v) is 6.92. The number of hydrogen-bond acceptors (Lipinski definition) is 5. The van der Waals surface area contributed by atoms with E-state index >= 15 is 0 Å². The zero-order chi connectivity index (χ0) is 22.2. The Morgan fingerprint density at radius 2 is 1.75 bits per heavy atom. The van der Waals surface area contributed by atoms with Gasteiger partial charge in [-0.05, 0) is 29.8 Å². The molecule has 0 fully saturated rings. The molecule has 0 bridgehead atoms. The highest BCUT2D eigenvalue weighted by Gasteiger charge is 2.35. The van der Waals surface area contributed by atoms with Crippen LogP contribution in [0.5, 0.6) is 0 Å². The van der Waals surface area contributed by atoms with E-state index in [4.69, 9.17) is 44.9 Å². The molecule has 5 nitrogen and oxygen atoms in total. The second-order valence-corrected chi connectivity index (χ2v) is 9.33. The Morgan fingerprint density at radius 3 is 2.56 bits per heavy atom. The van der Waals surface area contributed by atoms with Crippen LogP contribution in [0.2, 0.25) is 15.1 Å². The van der Waals surface area contributed by atoms with E-state index in [1.165, 1.54) is 11.8 Å². The molecule has 160 valence electrons. The molecule has 3 aromatic carbocycles. The van der Waals surface area contributed by atoms with Crippen molar-refractivity contribution in [1.82, 2.24) is 10.3 Å². The second kappa shape index (κ2) is 8.79. The van der Waals surface area contributed by atoms with E-state index in [2.05, 4.69) is 5.32 Å². The van der Waals surface area contributed by atoms with Crippen molar-refractivity contribution < 1.29 is 4.79 Å². The highest BCUT2D eigenvalue weighted by molar-refractivity contribution is 8.13. The number of nitrogens with one attached hydrogen (secondary N) is 1. The fraction of sp³-hybridized carbons (Fsp3) is 0.0870. The van der Waals surface area contributed by atoms with Gasteiger partial charge in [-0.15, -0.1) is 5.10 Å². The summed E-state index contributed by atoms with van der Waals surface area (Å²) in [7, 11) is 0. The number of benzene rings is 3. The topological polar surface area (TPSA) is 57.1 Å². The van der Waals surface area contributed by atoms with E-state index in [0.717, 1.165) is 5.56 Å². The van der Waals surface area contributed by atoms with Crippen LogP contribution in [0.3, 0.4) is 0 Å². The number of amidine groups is 1. The molecule has 5 rings (SSSR count). The molecule has 0 saturated carbocycles. The highest BCUT2D eigenvalue weighted by Crippen LogP contribution is 2.35. The number of rotatable bonds is 3. The van der Waals surface area contributed by atoms with Crippen LogP contribution >= 0.6 is 46.6 Å². The lowest BCUT2D eigenvalue weighted by Gasteiger charge is -2.34. The van der Waals surface area contributed by atoms with Crippen LogP contribution in [0.15, 0.2) is 76.8 Å². The van der Waals surface area contributed by atoms with Crippen molar-refractivity contribution in [2.24, 2.45) is 10.1 Å². The average Bonchev–Trinajstić information content (AvgIpc) is 2.78. The number of thioether (sulfide) groups is 1. The lowest BCUT2D eigenvalue weighted by atomic mass is 10.1. The van der Waals surface area contributed by atoms with Crippen LogP contribution in [0.25, 0.3) is 5.70 Å². The Kier molecular flexibility index (Phi) is 5.86. The van der Waals surface area contributed by atoms with Gasteiger partial charge in [-0.2, -0.15) is 0 Å².